The number of halogens is 1. The summed E-state index contributed by atoms with van der Waals surface area (Å²) < 4.78 is 36.4. The zero-order valence-corrected chi connectivity index (χ0v) is 16.8. The third kappa shape index (κ3) is 4.35. The molecule has 1 saturated heterocycles. The van der Waals surface area contributed by atoms with Crippen LogP contribution in [0.4, 0.5) is 9.52 Å². The lowest BCUT2D eigenvalue weighted by atomic mass is 10.1. The molecule has 0 spiro atoms. The molecule has 11 heteroatoms. The molecule has 0 aliphatic carbocycles. The molecule has 2 aliphatic heterocycles. The third-order valence-electron chi connectivity index (χ3n) is 4.74. The fourth-order valence-electron chi connectivity index (χ4n) is 3.24. The molecule has 2 aliphatic rings. The van der Waals surface area contributed by atoms with E-state index in [9.17, 15) is 22.4 Å². The number of rotatable bonds is 4. The smallest absolute Gasteiger partial charge is 0.273 e. The number of amides is 2. The first-order chi connectivity index (χ1) is 13.8. The Bertz CT molecular complexity index is 1100. The molecule has 152 valence electrons. The lowest BCUT2D eigenvalue weighted by molar-refractivity contribution is -0.133. The van der Waals surface area contributed by atoms with Gasteiger partial charge in [-0.1, -0.05) is 0 Å². The van der Waals surface area contributed by atoms with Gasteiger partial charge in [0.2, 0.25) is 5.91 Å². The van der Waals surface area contributed by atoms with Crippen LogP contribution in [-0.2, 0) is 19.4 Å². The Hall–Kier alpha value is -2.66. The normalized spacial score (nSPS) is 21.1. The number of hydrazone groups is 1. The number of hydrogen-bond acceptors (Lipinski definition) is 7. The minimum absolute atomic E-state index is 0.0176. The van der Waals surface area contributed by atoms with Crippen molar-refractivity contribution in [1.29, 1.82) is 0 Å². The second-order valence-electron chi connectivity index (χ2n) is 6.84. The molecule has 1 fully saturated rings. The average molecular weight is 436 g/mol. The van der Waals surface area contributed by atoms with E-state index in [1.54, 1.807) is 17.5 Å². The predicted molar refractivity (Wildman–Crippen MR) is 107 cm³/mol. The SMILES string of the molecule is O=C(Nc1nc(-c2ccc(F)cc2)cs1)C1=NN([C@@H]2CCS(=O)(=O)C2)C(=O)CC1. The Morgan fingerprint density at radius 2 is 2.00 bits per heavy atom. The summed E-state index contributed by atoms with van der Waals surface area (Å²) in [6, 6.07) is 5.33. The monoisotopic (exact) mass is 436 g/mol. The van der Waals surface area contributed by atoms with Crippen LogP contribution in [0.2, 0.25) is 0 Å². The van der Waals surface area contributed by atoms with Crippen LogP contribution >= 0.6 is 11.3 Å². The van der Waals surface area contributed by atoms with Crippen molar-refractivity contribution in [1.82, 2.24) is 9.99 Å². The Labute approximate surface area is 170 Å². The highest BCUT2D eigenvalue weighted by atomic mass is 32.2. The van der Waals surface area contributed by atoms with E-state index in [1.165, 1.54) is 23.5 Å². The van der Waals surface area contributed by atoms with E-state index in [1.807, 2.05) is 0 Å². The molecule has 3 heterocycles. The highest BCUT2D eigenvalue weighted by molar-refractivity contribution is 7.91. The summed E-state index contributed by atoms with van der Waals surface area (Å²) in [5.74, 6) is -1.23. The molecular weight excluding hydrogens is 419 g/mol. The zero-order valence-electron chi connectivity index (χ0n) is 15.2. The molecule has 2 amide bonds. The standard InChI is InChI=1S/C18H17FN4O4S2/c19-12-3-1-11(2-4-12)15-9-28-18(20-15)21-17(25)14-5-6-16(24)23(22-14)13-7-8-29(26,27)10-13/h1-4,9,13H,5-8,10H2,(H,20,21,25)/t13-/m1/s1. The Morgan fingerprint density at radius 1 is 1.24 bits per heavy atom. The van der Waals surface area contributed by atoms with Crippen molar-refractivity contribution >= 4 is 43.8 Å². The van der Waals surface area contributed by atoms with Crippen LogP contribution in [0.15, 0.2) is 34.7 Å². The van der Waals surface area contributed by atoms with E-state index in [0.717, 1.165) is 10.6 Å². The van der Waals surface area contributed by atoms with Crippen LogP contribution < -0.4 is 5.32 Å². The number of aromatic nitrogens is 1. The lowest BCUT2D eigenvalue weighted by Gasteiger charge is -2.27. The van der Waals surface area contributed by atoms with Gasteiger partial charge in [-0.15, -0.1) is 11.3 Å². The quantitative estimate of drug-likeness (QED) is 0.789. The zero-order chi connectivity index (χ0) is 20.6. The van der Waals surface area contributed by atoms with Crippen molar-refractivity contribution < 1.29 is 22.4 Å². The van der Waals surface area contributed by atoms with Gasteiger partial charge >= 0.3 is 0 Å². The second-order valence-corrected chi connectivity index (χ2v) is 9.93. The fraction of sp³-hybridized carbons (Fsp3) is 0.333. The molecule has 0 unspecified atom stereocenters. The molecule has 1 aromatic carbocycles. The first-order valence-corrected chi connectivity index (χ1v) is 11.6. The molecule has 29 heavy (non-hydrogen) atoms. The molecule has 0 saturated carbocycles. The highest BCUT2D eigenvalue weighted by Gasteiger charge is 2.37. The van der Waals surface area contributed by atoms with Gasteiger partial charge in [0, 0.05) is 23.8 Å². The van der Waals surface area contributed by atoms with Crippen molar-refractivity contribution in [2.75, 3.05) is 16.8 Å². The van der Waals surface area contributed by atoms with Gasteiger partial charge in [-0.05, 0) is 30.7 Å². The van der Waals surface area contributed by atoms with Crippen LogP contribution in [0, 0.1) is 5.82 Å². The molecule has 0 bridgehead atoms. The first kappa shape index (κ1) is 19.6. The fourth-order valence-corrected chi connectivity index (χ4v) is 5.65. The van der Waals surface area contributed by atoms with Gasteiger partial charge in [0.15, 0.2) is 15.0 Å². The second kappa shape index (κ2) is 7.64. The van der Waals surface area contributed by atoms with E-state index in [4.69, 9.17) is 0 Å². The maximum atomic E-state index is 13.0. The summed E-state index contributed by atoms with van der Waals surface area (Å²) in [5.41, 5.74) is 1.48. The molecule has 4 rings (SSSR count). The topological polar surface area (TPSA) is 109 Å². The van der Waals surface area contributed by atoms with Crippen LogP contribution in [0.5, 0.6) is 0 Å². The molecule has 8 nitrogen and oxygen atoms in total. The van der Waals surface area contributed by atoms with Crippen LogP contribution in [0.25, 0.3) is 11.3 Å². The van der Waals surface area contributed by atoms with Gasteiger partial charge in [0.1, 0.15) is 11.5 Å². The maximum absolute atomic E-state index is 13.0. The Morgan fingerprint density at radius 3 is 2.69 bits per heavy atom. The number of nitrogens with zero attached hydrogens (tertiary/aromatic N) is 3. The van der Waals surface area contributed by atoms with E-state index in [2.05, 4.69) is 15.4 Å². The molecule has 0 radical (unpaired) electrons. The molecule has 1 aromatic heterocycles. The summed E-state index contributed by atoms with van der Waals surface area (Å²) in [7, 11) is -3.18. The van der Waals surface area contributed by atoms with Crippen molar-refractivity contribution in [2.45, 2.75) is 25.3 Å². The van der Waals surface area contributed by atoms with Crippen LogP contribution in [0.3, 0.4) is 0 Å². The van der Waals surface area contributed by atoms with E-state index in [-0.39, 0.29) is 41.8 Å². The summed E-state index contributed by atoms with van der Waals surface area (Å²) in [4.78, 5) is 29.1. The highest BCUT2D eigenvalue weighted by Crippen LogP contribution is 2.26. The molecule has 2 aromatic rings. The first-order valence-electron chi connectivity index (χ1n) is 8.93. The molecule has 1 atom stereocenters. The van der Waals surface area contributed by atoms with E-state index in [0.29, 0.717) is 17.2 Å². The summed E-state index contributed by atoms with van der Waals surface area (Å²) in [6.45, 7) is 0. The molecule has 1 N–H and O–H groups in total. The number of carbonyl (C=O) groups is 2. The van der Waals surface area contributed by atoms with Crippen LogP contribution in [0.1, 0.15) is 19.3 Å². The van der Waals surface area contributed by atoms with Gasteiger partial charge in [0.25, 0.3) is 5.91 Å². The summed E-state index contributed by atoms with van der Waals surface area (Å²) in [5, 5.41) is 10.0. The van der Waals surface area contributed by atoms with Crippen LogP contribution in [-0.4, -0.2) is 53.5 Å². The Kier molecular flexibility index (Phi) is 5.17. The number of thiazole rings is 1. The summed E-state index contributed by atoms with van der Waals surface area (Å²) in [6.07, 6.45) is 0.596. The maximum Gasteiger partial charge on any atom is 0.273 e. The number of carbonyl (C=O) groups excluding carboxylic acids is 2. The van der Waals surface area contributed by atoms with Gasteiger partial charge in [0.05, 0.1) is 23.2 Å². The Balaban J connectivity index is 1.47. The van der Waals surface area contributed by atoms with E-state index < -0.39 is 21.8 Å². The number of nitrogens with one attached hydrogen (secondary N) is 1. The van der Waals surface area contributed by atoms with Gasteiger partial charge in [-0.2, -0.15) is 5.10 Å². The lowest BCUT2D eigenvalue weighted by Crippen LogP contribution is -2.42. The number of anilines is 1. The largest absolute Gasteiger partial charge is 0.297 e. The number of hydrogen-bond donors (Lipinski definition) is 1. The molecular formula is C18H17FN4O4S2. The van der Waals surface area contributed by atoms with Gasteiger partial charge in [-0.3, -0.25) is 14.9 Å². The third-order valence-corrected chi connectivity index (χ3v) is 7.25. The minimum atomic E-state index is -3.18. The summed E-state index contributed by atoms with van der Waals surface area (Å²) >= 11 is 1.22. The van der Waals surface area contributed by atoms with Gasteiger partial charge < -0.3 is 0 Å². The van der Waals surface area contributed by atoms with Crippen molar-refractivity contribution in [3.63, 3.8) is 0 Å². The van der Waals surface area contributed by atoms with Crippen molar-refractivity contribution in [2.24, 2.45) is 5.10 Å². The predicted octanol–water partition coefficient (Wildman–Crippen LogP) is 2.05. The number of sulfone groups is 1. The number of benzene rings is 1. The van der Waals surface area contributed by atoms with E-state index >= 15 is 0 Å². The van der Waals surface area contributed by atoms with Crippen molar-refractivity contribution in [3.8, 4) is 11.3 Å². The average Bonchev–Trinajstić information content (AvgIpc) is 3.29. The van der Waals surface area contributed by atoms with Crippen molar-refractivity contribution in [3.05, 3.63) is 35.5 Å². The van der Waals surface area contributed by atoms with Gasteiger partial charge in [-0.25, -0.2) is 22.8 Å². The minimum Gasteiger partial charge on any atom is -0.297 e.